The van der Waals surface area contributed by atoms with E-state index in [1.165, 1.54) is 24.4 Å². The number of carbonyl (C=O) groups excluding carboxylic acids is 1. The van der Waals surface area contributed by atoms with E-state index in [9.17, 15) is 23.5 Å². The number of nitrogen functional groups attached to an aromatic ring is 1. The van der Waals surface area contributed by atoms with E-state index in [0.29, 0.717) is 17.0 Å². The van der Waals surface area contributed by atoms with E-state index in [1.54, 1.807) is 25.3 Å². The average Bonchev–Trinajstić information content (AvgIpc) is 3.18. The molecule has 0 saturated heterocycles. The molecule has 0 saturated carbocycles. The summed E-state index contributed by atoms with van der Waals surface area (Å²) in [6, 6.07) is 10.0. The Kier molecular flexibility index (Phi) is 7.87. The van der Waals surface area contributed by atoms with Crippen LogP contribution in [0.5, 0.6) is 0 Å². The van der Waals surface area contributed by atoms with Crippen LogP contribution in [0.15, 0.2) is 47.5 Å². The molecule has 0 aliphatic carbocycles. The number of hydrogen-bond donors (Lipinski definition) is 4. The lowest BCUT2D eigenvalue weighted by Crippen LogP contribution is -2.02. The lowest BCUT2D eigenvalue weighted by molar-refractivity contribution is -0.104. The molecule has 162 valence electrons. The number of allylic oxidation sites excluding steroid dienone is 1. The van der Waals surface area contributed by atoms with Crippen molar-refractivity contribution in [2.75, 3.05) is 18.1 Å². The van der Waals surface area contributed by atoms with Gasteiger partial charge in [0.1, 0.15) is 10.6 Å². The van der Waals surface area contributed by atoms with Gasteiger partial charge in [-0.2, -0.15) is 0 Å². The first kappa shape index (κ1) is 23.6. The highest BCUT2D eigenvalue weighted by Crippen LogP contribution is 2.37. The lowest BCUT2D eigenvalue weighted by atomic mass is 10.0. The van der Waals surface area contributed by atoms with Crippen molar-refractivity contribution in [2.45, 2.75) is 6.92 Å². The van der Waals surface area contributed by atoms with Crippen LogP contribution in [0.3, 0.4) is 0 Å². The molecule has 0 aliphatic heterocycles. The third kappa shape index (κ3) is 5.46. The SMILES string of the molecule is CNc1scc(-c2ccc(C)c(F)c2F)c1C(=O)O.N/C(C=O)=C\c1ccccc1N. The van der Waals surface area contributed by atoms with Gasteiger partial charge in [0.2, 0.25) is 0 Å². The number of aryl methyl sites for hydroxylation is 1. The maximum atomic E-state index is 13.9. The van der Waals surface area contributed by atoms with E-state index in [1.807, 2.05) is 12.1 Å². The van der Waals surface area contributed by atoms with Gasteiger partial charge in [-0.15, -0.1) is 11.3 Å². The predicted molar refractivity (Wildman–Crippen MR) is 120 cm³/mol. The summed E-state index contributed by atoms with van der Waals surface area (Å²) in [6.45, 7) is 1.45. The number of halogens is 2. The highest BCUT2D eigenvalue weighted by Gasteiger charge is 2.22. The van der Waals surface area contributed by atoms with Gasteiger partial charge in [-0.25, -0.2) is 13.6 Å². The highest BCUT2D eigenvalue weighted by atomic mass is 32.1. The minimum Gasteiger partial charge on any atom is -0.478 e. The van der Waals surface area contributed by atoms with Crippen LogP contribution in [0.2, 0.25) is 0 Å². The Morgan fingerprint density at radius 2 is 1.81 bits per heavy atom. The first-order chi connectivity index (χ1) is 14.7. The van der Waals surface area contributed by atoms with Crippen LogP contribution < -0.4 is 16.8 Å². The Bertz CT molecular complexity index is 1140. The molecule has 0 radical (unpaired) electrons. The Hall–Kier alpha value is -3.72. The van der Waals surface area contributed by atoms with Gasteiger partial charge in [-0.3, -0.25) is 4.79 Å². The standard InChI is InChI=1S/C13H11F2NO2S.C9H10N2O/c1-6-3-4-7(11(15)10(6)14)8-5-19-12(16-2)9(8)13(17)18;10-8(6-12)5-7-3-1-2-4-9(7)11/h3-5,16H,1-2H3,(H,17,18);1-6H,10-11H2/b;8-5-. The van der Waals surface area contributed by atoms with Crippen LogP contribution >= 0.6 is 11.3 Å². The van der Waals surface area contributed by atoms with Crippen LogP contribution in [0.1, 0.15) is 21.5 Å². The number of aldehydes is 1. The molecular formula is C22H21F2N3O3S. The Morgan fingerprint density at radius 1 is 1.13 bits per heavy atom. The van der Waals surface area contributed by atoms with Gasteiger partial charge in [-0.05, 0) is 30.2 Å². The van der Waals surface area contributed by atoms with E-state index in [2.05, 4.69) is 5.32 Å². The number of anilines is 2. The summed E-state index contributed by atoms with van der Waals surface area (Å²) in [4.78, 5) is 21.4. The molecule has 0 bridgehead atoms. The van der Waals surface area contributed by atoms with E-state index in [-0.39, 0.29) is 28.0 Å². The van der Waals surface area contributed by atoms with Crippen molar-refractivity contribution in [3.05, 3.63) is 75.8 Å². The predicted octanol–water partition coefficient (Wildman–Crippen LogP) is 4.51. The maximum absolute atomic E-state index is 13.9. The summed E-state index contributed by atoms with van der Waals surface area (Å²) in [5.74, 6) is -3.16. The first-order valence-electron chi connectivity index (χ1n) is 8.95. The minimum atomic E-state index is -1.18. The molecule has 2 aromatic carbocycles. The summed E-state index contributed by atoms with van der Waals surface area (Å²) in [7, 11) is 1.58. The number of rotatable bonds is 5. The molecule has 0 atom stereocenters. The van der Waals surface area contributed by atoms with Crippen LogP contribution in [-0.4, -0.2) is 24.4 Å². The summed E-state index contributed by atoms with van der Waals surface area (Å²) < 4.78 is 27.5. The number of thiophene rings is 1. The van der Waals surface area contributed by atoms with Gasteiger partial charge in [0.25, 0.3) is 0 Å². The number of benzene rings is 2. The van der Waals surface area contributed by atoms with Crippen molar-refractivity contribution in [1.82, 2.24) is 0 Å². The average molecular weight is 445 g/mol. The molecule has 1 aromatic heterocycles. The summed E-state index contributed by atoms with van der Waals surface area (Å²) in [5.41, 5.74) is 12.7. The van der Waals surface area contributed by atoms with Crippen molar-refractivity contribution in [3.8, 4) is 11.1 Å². The van der Waals surface area contributed by atoms with E-state index >= 15 is 0 Å². The summed E-state index contributed by atoms with van der Waals surface area (Å²) in [6.07, 6.45) is 2.13. The Morgan fingerprint density at radius 3 is 2.39 bits per heavy atom. The van der Waals surface area contributed by atoms with Crippen molar-refractivity contribution < 1.29 is 23.5 Å². The molecule has 1 heterocycles. The topological polar surface area (TPSA) is 118 Å². The van der Waals surface area contributed by atoms with E-state index in [0.717, 1.165) is 16.9 Å². The smallest absolute Gasteiger partial charge is 0.339 e. The lowest BCUT2D eigenvalue weighted by Gasteiger charge is -2.06. The molecule has 31 heavy (non-hydrogen) atoms. The van der Waals surface area contributed by atoms with Gasteiger partial charge in [-0.1, -0.05) is 30.3 Å². The molecular weight excluding hydrogens is 424 g/mol. The molecule has 6 N–H and O–H groups in total. The van der Waals surface area contributed by atoms with Crippen molar-refractivity contribution in [1.29, 1.82) is 0 Å². The van der Waals surface area contributed by atoms with Crippen LogP contribution in [0.4, 0.5) is 19.5 Å². The molecule has 6 nitrogen and oxygen atoms in total. The molecule has 0 amide bonds. The molecule has 0 fully saturated rings. The maximum Gasteiger partial charge on any atom is 0.339 e. The second kappa shape index (κ2) is 10.4. The van der Waals surface area contributed by atoms with E-state index < -0.39 is 17.6 Å². The third-order valence-corrected chi connectivity index (χ3v) is 5.25. The van der Waals surface area contributed by atoms with Crippen LogP contribution in [0.25, 0.3) is 17.2 Å². The first-order valence-corrected chi connectivity index (χ1v) is 9.83. The number of aromatic carboxylic acids is 1. The van der Waals surface area contributed by atoms with Crippen molar-refractivity contribution >= 4 is 40.4 Å². The van der Waals surface area contributed by atoms with Gasteiger partial charge in [0.15, 0.2) is 17.9 Å². The number of carbonyl (C=O) groups is 2. The van der Waals surface area contributed by atoms with Gasteiger partial charge >= 0.3 is 5.97 Å². The largest absolute Gasteiger partial charge is 0.478 e. The number of nitrogens with one attached hydrogen (secondary N) is 1. The normalized spacial score (nSPS) is 10.8. The van der Waals surface area contributed by atoms with E-state index in [4.69, 9.17) is 11.5 Å². The summed E-state index contributed by atoms with van der Waals surface area (Å²) >= 11 is 1.14. The van der Waals surface area contributed by atoms with Gasteiger partial charge in [0.05, 0.1) is 5.70 Å². The third-order valence-electron chi connectivity index (χ3n) is 4.25. The minimum absolute atomic E-state index is 0.0433. The molecule has 3 aromatic rings. The highest BCUT2D eigenvalue weighted by molar-refractivity contribution is 7.15. The zero-order chi connectivity index (χ0) is 23.1. The molecule has 3 rings (SSSR count). The summed E-state index contributed by atoms with van der Waals surface area (Å²) in [5, 5.41) is 13.8. The fourth-order valence-electron chi connectivity index (χ4n) is 2.66. The number of nitrogens with two attached hydrogens (primary N) is 2. The molecule has 9 heteroatoms. The van der Waals surface area contributed by atoms with Crippen molar-refractivity contribution in [2.24, 2.45) is 5.73 Å². The Balaban J connectivity index is 0.000000245. The second-order valence-corrected chi connectivity index (χ2v) is 7.24. The van der Waals surface area contributed by atoms with Gasteiger partial charge < -0.3 is 21.9 Å². The van der Waals surface area contributed by atoms with Crippen LogP contribution in [-0.2, 0) is 4.79 Å². The zero-order valence-electron chi connectivity index (χ0n) is 16.8. The number of carboxylic acids is 1. The zero-order valence-corrected chi connectivity index (χ0v) is 17.6. The quantitative estimate of drug-likeness (QED) is 0.261. The van der Waals surface area contributed by atoms with Gasteiger partial charge in [0, 0.05) is 29.2 Å². The fourth-order valence-corrected chi connectivity index (χ4v) is 3.58. The monoisotopic (exact) mass is 445 g/mol. The second-order valence-electron chi connectivity index (χ2n) is 6.36. The number of carboxylic acid groups (broad SMARTS) is 1. The van der Waals surface area contributed by atoms with Crippen molar-refractivity contribution in [3.63, 3.8) is 0 Å². The van der Waals surface area contributed by atoms with Crippen LogP contribution in [0, 0.1) is 18.6 Å². The molecule has 0 spiro atoms. The number of para-hydroxylation sites is 1. The number of hydrogen-bond acceptors (Lipinski definition) is 6. The fraction of sp³-hybridized carbons (Fsp3) is 0.0909. The Labute approximate surface area is 181 Å². The molecule has 0 aliphatic rings. The molecule has 0 unspecified atom stereocenters.